The van der Waals surface area contributed by atoms with Crippen molar-refractivity contribution in [2.24, 2.45) is 0 Å². The predicted molar refractivity (Wildman–Crippen MR) is 90.0 cm³/mol. The van der Waals surface area contributed by atoms with Gasteiger partial charge in [0.15, 0.2) is 0 Å². The van der Waals surface area contributed by atoms with Crippen molar-refractivity contribution in [3.8, 4) is 0 Å². The van der Waals surface area contributed by atoms with Crippen LogP contribution >= 0.6 is 0 Å². The Kier molecular flexibility index (Phi) is 3.98. The molecular weight excluding hydrogens is 258 g/mol. The molecule has 3 nitrogen and oxygen atoms in total. The predicted octanol–water partition coefficient (Wildman–Crippen LogP) is 2.78. The summed E-state index contributed by atoms with van der Waals surface area (Å²) in [5.41, 5.74) is 4.53. The van der Waals surface area contributed by atoms with Crippen LogP contribution in [-0.2, 0) is 6.54 Å². The van der Waals surface area contributed by atoms with Gasteiger partial charge in [-0.25, -0.2) is 0 Å². The molecule has 1 N–H and O–H groups in total. The fourth-order valence-corrected chi connectivity index (χ4v) is 3.79. The molecule has 0 bridgehead atoms. The number of hydrogen-bond donors (Lipinski definition) is 1. The van der Waals surface area contributed by atoms with Gasteiger partial charge in [-0.15, -0.1) is 0 Å². The van der Waals surface area contributed by atoms with E-state index in [0.717, 1.165) is 13.1 Å². The van der Waals surface area contributed by atoms with Gasteiger partial charge in [0.25, 0.3) is 0 Å². The molecule has 1 aromatic rings. The number of hydrogen-bond acceptors (Lipinski definition) is 3. The second-order valence-electron chi connectivity index (χ2n) is 7.48. The summed E-state index contributed by atoms with van der Waals surface area (Å²) in [4.78, 5) is 5.16. The highest BCUT2D eigenvalue weighted by Gasteiger charge is 2.33. The molecule has 0 aliphatic carbocycles. The second-order valence-corrected chi connectivity index (χ2v) is 7.48. The minimum absolute atomic E-state index is 0.162. The molecule has 21 heavy (non-hydrogen) atoms. The van der Waals surface area contributed by atoms with Gasteiger partial charge in [-0.3, -0.25) is 0 Å². The topological polar surface area (TPSA) is 18.5 Å². The normalized spacial score (nSPS) is 23.7. The van der Waals surface area contributed by atoms with Crippen molar-refractivity contribution in [3.05, 3.63) is 29.3 Å². The molecule has 3 rings (SSSR count). The molecular formula is C18H29N3. The molecule has 0 saturated carbocycles. The van der Waals surface area contributed by atoms with Gasteiger partial charge in [0, 0.05) is 30.4 Å². The molecule has 2 aliphatic heterocycles. The highest BCUT2D eigenvalue weighted by Crippen LogP contribution is 2.33. The van der Waals surface area contributed by atoms with Crippen LogP contribution in [0.2, 0.25) is 0 Å². The fraction of sp³-hybridized carbons (Fsp3) is 0.667. The average Bonchev–Trinajstić information content (AvgIpc) is 2.57. The first-order chi connectivity index (χ1) is 9.96. The summed E-state index contributed by atoms with van der Waals surface area (Å²) in [6.45, 7) is 11.4. The van der Waals surface area contributed by atoms with Crippen LogP contribution in [-0.4, -0.2) is 43.2 Å². The zero-order valence-corrected chi connectivity index (χ0v) is 13.9. The van der Waals surface area contributed by atoms with Gasteiger partial charge in [0.05, 0.1) is 0 Å². The molecule has 2 aliphatic rings. The lowest BCUT2D eigenvalue weighted by Gasteiger charge is -2.42. The van der Waals surface area contributed by atoms with Gasteiger partial charge >= 0.3 is 0 Å². The molecule has 0 amide bonds. The highest BCUT2D eigenvalue weighted by molar-refractivity contribution is 5.61. The Balaban J connectivity index is 1.96. The molecule has 3 heteroatoms. The number of fused-ring (bicyclic) bond motifs is 1. The Morgan fingerprint density at radius 3 is 2.62 bits per heavy atom. The Hall–Kier alpha value is -1.06. The SMILES string of the molecule is Cc1cccc2c1N(C1CCN(C)CC1)CC(C)(C)NC2. The lowest BCUT2D eigenvalue weighted by molar-refractivity contribution is 0.243. The lowest BCUT2D eigenvalue weighted by atomic mass is 9.97. The lowest BCUT2D eigenvalue weighted by Crippen LogP contribution is -2.52. The maximum absolute atomic E-state index is 3.73. The molecule has 1 saturated heterocycles. The molecule has 0 radical (unpaired) electrons. The smallest absolute Gasteiger partial charge is 0.0444 e. The van der Waals surface area contributed by atoms with E-state index in [0.29, 0.717) is 6.04 Å². The summed E-state index contributed by atoms with van der Waals surface area (Å²) < 4.78 is 0. The minimum Gasteiger partial charge on any atom is -0.366 e. The number of para-hydroxylation sites is 1. The molecule has 1 aromatic carbocycles. The van der Waals surface area contributed by atoms with Crippen molar-refractivity contribution in [2.45, 2.75) is 51.7 Å². The highest BCUT2D eigenvalue weighted by atomic mass is 15.2. The van der Waals surface area contributed by atoms with Crippen molar-refractivity contribution < 1.29 is 0 Å². The standard InChI is InChI=1S/C18H29N3/c1-14-6-5-7-15-12-19-18(2,3)13-21(17(14)15)16-8-10-20(4)11-9-16/h5-7,16,19H,8-13H2,1-4H3. The van der Waals surface area contributed by atoms with Crippen LogP contribution < -0.4 is 10.2 Å². The maximum Gasteiger partial charge on any atom is 0.0444 e. The fourth-order valence-electron chi connectivity index (χ4n) is 3.79. The minimum atomic E-state index is 0.162. The Bertz CT molecular complexity index is 501. The van der Waals surface area contributed by atoms with E-state index in [9.17, 15) is 0 Å². The first kappa shape index (κ1) is 14.9. The maximum atomic E-state index is 3.73. The molecule has 0 spiro atoms. The summed E-state index contributed by atoms with van der Waals surface area (Å²) >= 11 is 0. The Morgan fingerprint density at radius 2 is 1.90 bits per heavy atom. The Morgan fingerprint density at radius 1 is 1.19 bits per heavy atom. The molecule has 116 valence electrons. The van der Waals surface area contributed by atoms with Gasteiger partial charge in [0.1, 0.15) is 0 Å². The number of nitrogens with zero attached hydrogens (tertiary/aromatic N) is 2. The second kappa shape index (κ2) is 5.62. The molecule has 1 fully saturated rings. The molecule has 2 heterocycles. The third-order valence-electron chi connectivity index (χ3n) is 5.06. The van der Waals surface area contributed by atoms with Crippen LogP contribution in [0.3, 0.4) is 0 Å². The number of piperidine rings is 1. The van der Waals surface area contributed by atoms with Crippen molar-refractivity contribution in [2.75, 3.05) is 31.6 Å². The number of likely N-dealkylation sites (tertiary alicyclic amines) is 1. The van der Waals surface area contributed by atoms with Crippen LogP contribution in [0, 0.1) is 6.92 Å². The summed E-state index contributed by atoms with van der Waals surface area (Å²) in [7, 11) is 2.24. The van der Waals surface area contributed by atoms with E-state index in [4.69, 9.17) is 0 Å². The monoisotopic (exact) mass is 287 g/mol. The average molecular weight is 287 g/mol. The van der Waals surface area contributed by atoms with Crippen LogP contribution in [0.5, 0.6) is 0 Å². The van der Waals surface area contributed by atoms with Crippen molar-refractivity contribution >= 4 is 5.69 Å². The quantitative estimate of drug-likeness (QED) is 0.857. The van der Waals surface area contributed by atoms with Crippen LogP contribution in [0.25, 0.3) is 0 Å². The van der Waals surface area contributed by atoms with Gasteiger partial charge in [-0.2, -0.15) is 0 Å². The van der Waals surface area contributed by atoms with Crippen LogP contribution in [0.4, 0.5) is 5.69 Å². The molecule has 0 aromatic heterocycles. The van der Waals surface area contributed by atoms with Gasteiger partial charge in [0.2, 0.25) is 0 Å². The summed E-state index contributed by atoms with van der Waals surface area (Å²) in [5.74, 6) is 0. The van der Waals surface area contributed by atoms with Gasteiger partial charge in [-0.1, -0.05) is 18.2 Å². The van der Waals surface area contributed by atoms with Gasteiger partial charge in [-0.05, 0) is 64.9 Å². The number of aryl methyl sites for hydroxylation is 1. The summed E-state index contributed by atoms with van der Waals surface area (Å²) in [5, 5.41) is 3.73. The largest absolute Gasteiger partial charge is 0.366 e. The third kappa shape index (κ3) is 3.09. The number of rotatable bonds is 1. The van der Waals surface area contributed by atoms with Crippen LogP contribution in [0.15, 0.2) is 18.2 Å². The number of anilines is 1. The summed E-state index contributed by atoms with van der Waals surface area (Å²) in [6, 6.07) is 7.43. The third-order valence-corrected chi connectivity index (χ3v) is 5.06. The molecule has 0 atom stereocenters. The van der Waals surface area contributed by atoms with E-state index in [1.54, 1.807) is 0 Å². The van der Waals surface area contributed by atoms with E-state index in [1.807, 2.05) is 0 Å². The summed E-state index contributed by atoms with van der Waals surface area (Å²) in [6.07, 6.45) is 2.56. The van der Waals surface area contributed by atoms with Crippen LogP contribution in [0.1, 0.15) is 37.8 Å². The zero-order valence-electron chi connectivity index (χ0n) is 13.9. The van der Waals surface area contributed by atoms with Gasteiger partial charge < -0.3 is 15.1 Å². The Labute approximate surface area is 129 Å². The van der Waals surface area contributed by atoms with Crippen molar-refractivity contribution in [1.29, 1.82) is 0 Å². The first-order valence-corrected chi connectivity index (χ1v) is 8.25. The first-order valence-electron chi connectivity index (χ1n) is 8.25. The van der Waals surface area contributed by atoms with E-state index >= 15 is 0 Å². The number of nitrogens with one attached hydrogen (secondary N) is 1. The van der Waals surface area contributed by atoms with E-state index in [1.165, 1.54) is 42.7 Å². The zero-order chi connectivity index (χ0) is 15.0. The van der Waals surface area contributed by atoms with Crippen molar-refractivity contribution in [3.63, 3.8) is 0 Å². The van der Waals surface area contributed by atoms with E-state index < -0.39 is 0 Å². The van der Waals surface area contributed by atoms with E-state index in [-0.39, 0.29) is 5.54 Å². The molecule has 0 unspecified atom stereocenters. The number of benzene rings is 1. The van der Waals surface area contributed by atoms with Crippen molar-refractivity contribution in [1.82, 2.24) is 10.2 Å². The van der Waals surface area contributed by atoms with E-state index in [2.05, 4.69) is 61.1 Å².